The first-order valence-corrected chi connectivity index (χ1v) is 49.2. The van der Waals surface area contributed by atoms with E-state index in [0.29, 0.717) is 110 Å². The van der Waals surface area contributed by atoms with Crippen molar-refractivity contribution >= 4 is 67.2 Å². The van der Waals surface area contributed by atoms with Crippen molar-refractivity contribution in [3.8, 4) is 68.0 Å². The van der Waals surface area contributed by atoms with Gasteiger partial charge < -0.3 is 38.2 Å². The molecule has 4 aliphatic carbocycles. The molecule has 8 heterocycles. The van der Waals surface area contributed by atoms with Gasteiger partial charge in [-0.3, -0.25) is 57.8 Å². The Kier molecular flexibility index (Phi) is 29.8. The van der Waals surface area contributed by atoms with Crippen molar-refractivity contribution in [1.82, 2.24) is 39.2 Å². The molecular weight excluding hydrogens is 1780 g/mol. The maximum absolute atomic E-state index is 15.1. The fourth-order valence-corrected chi connectivity index (χ4v) is 21.1. The number of pyridine rings is 4. The van der Waals surface area contributed by atoms with Gasteiger partial charge in [-0.1, -0.05) is 52.0 Å². The molecule has 0 spiro atoms. The Bertz CT molecular complexity index is 5300. The molecule has 8 aliphatic rings. The average Bonchev–Trinajstić information content (AvgIpc) is 1.57. The number of carbonyl (C=O) groups excluding carboxylic acids is 8. The third-order valence-electron chi connectivity index (χ3n) is 27.7. The second-order valence-electron chi connectivity index (χ2n) is 40.2. The van der Waals surface area contributed by atoms with Gasteiger partial charge in [0, 0.05) is 97.0 Å². The van der Waals surface area contributed by atoms with Crippen LogP contribution in [0, 0.1) is 58.2 Å². The molecule has 2 aromatic carbocycles. The summed E-state index contributed by atoms with van der Waals surface area (Å²) in [4.78, 5) is 136. The average molecular weight is 1900 g/mol. The Balaban J connectivity index is 0.000000227. The summed E-state index contributed by atoms with van der Waals surface area (Å²) in [5.41, 5.74) is -3.26. The van der Waals surface area contributed by atoms with Crippen molar-refractivity contribution in [3.63, 3.8) is 0 Å². The highest BCUT2D eigenvalue weighted by atomic mass is 32.2. The van der Waals surface area contributed by atoms with Crippen molar-refractivity contribution in [3.05, 3.63) is 146 Å². The molecule has 26 nitrogen and oxygen atoms in total. The summed E-state index contributed by atoms with van der Waals surface area (Å²) in [7, 11) is -8.11. The van der Waals surface area contributed by atoms with Crippen LogP contribution < -0.4 is 28.4 Å². The van der Waals surface area contributed by atoms with E-state index in [2.05, 4.69) is 19.4 Å². The summed E-state index contributed by atoms with van der Waals surface area (Å²) in [6, 6.07) is 26.6. The third kappa shape index (κ3) is 23.5. The molecule has 14 rings (SSSR count). The van der Waals surface area contributed by atoms with Crippen LogP contribution in [0.25, 0.3) is 45.0 Å². The molecule has 4 aromatic heterocycles. The van der Waals surface area contributed by atoms with Crippen molar-refractivity contribution in [2.24, 2.45) is 58.2 Å². The normalized spacial score (nSPS) is 27.2. The number of allylic oxidation sites excluding steroid dienone is 4. The molecule has 0 unspecified atom stereocenters. The number of amides is 4. The van der Waals surface area contributed by atoms with E-state index in [-0.39, 0.29) is 75.7 Å². The van der Waals surface area contributed by atoms with Gasteiger partial charge in [0.2, 0.25) is 54.9 Å². The fourth-order valence-electron chi connectivity index (χ4n) is 18.4. The molecule has 4 aliphatic heterocycles. The quantitative estimate of drug-likeness (QED) is 0.0323. The van der Waals surface area contributed by atoms with Gasteiger partial charge in [0.25, 0.3) is 0 Å². The number of aromatic nitrogens is 4. The van der Waals surface area contributed by atoms with Crippen molar-refractivity contribution in [1.29, 1.82) is 0 Å². The molecule has 2 saturated heterocycles. The van der Waals surface area contributed by atoms with E-state index in [4.69, 9.17) is 38.4 Å². The molecule has 0 radical (unpaired) electrons. The molecule has 2 N–H and O–H groups in total. The Hall–Kier alpha value is -10.6. The van der Waals surface area contributed by atoms with Crippen LogP contribution in [-0.4, -0.2) is 176 Å². The first-order chi connectivity index (χ1) is 62.8. The number of sulfonamides is 2. The van der Waals surface area contributed by atoms with E-state index in [1.165, 1.54) is 9.80 Å². The molecular formula is C100H122F6N8O18S2. The Morgan fingerprint density at radius 2 is 0.799 bits per heavy atom. The largest absolute Gasteiger partial charge is 0.491 e. The number of Topliss-reactive ketones (excluding diaryl/α,β-unsaturated/α-hetero) is 2. The Labute approximate surface area is 779 Å². The summed E-state index contributed by atoms with van der Waals surface area (Å²) >= 11 is 0. The van der Waals surface area contributed by atoms with Gasteiger partial charge in [0.15, 0.2) is 11.6 Å². The van der Waals surface area contributed by atoms with Crippen LogP contribution in [-0.2, 0) is 67.9 Å². The Morgan fingerprint density at radius 1 is 0.478 bits per heavy atom. The SMILES string of the molecule is CC(C)Oc1ccc(-c2cc(O[C@@H]3C[C@H]4C(=O)C[C@]5(C(=O)NS(=O)(=O)C6(C)CC6)C[C@H]5/C=C\CC[C@@H](C)C[C@@H](C)[C@H](CC(=O)OC(C)(C)C(F)(F)F)C(=O)N4C3)cc(-c3ccncc3)n2)cc1.CC(C)Oc1ccc(-c2cc(O[C@@H]3C[C@H]4C(=O)C[C@]5(C(=O)NS(=O)(=O)C6(C)CC6)C[C@H]5/C=C\CC[C@H](C)C[C@@H](C)[C@H](CC(=O)OC(C)(C)C(F)(F)F)C(=O)N4C3)cc(-c3ccncc3)n2)cc1. The number of nitrogens with one attached hydrogen (secondary N) is 2. The van der Waals surface area contributed by atoms with E-state index in [9.17, 15) is 71.9 Å². The van der Waals surface area contributed by atoms with Gasteiger partial charge in [0.1, 0.15) is 35.2 Å². The lowest BCUT2D eigenvalue weighted by atomic mass is 9.82. The van der Waals surface area contributed by atoms with Crippen molar-refractivity contribution in [2.45, 2.75) is 282 Å². The highest BCUT2D eigenvalue weighted by Crippen LogP contribution is 2.60. The number of halogens is 6. The van der Waals surface area contributed by atoms with Crippen molar-refractivity contribution < 1.29 is 110 Å². The summed E-state index contributed by atoms with van der Waals surface area (Å²) in [6.07, 6.45) is 5.78. The highest BCUT2D eigenvalue weighted by molar-refractivity contribution is 7.92. The molecule has 724 valence electrons. The lowest BCUT2D eigenvalue weighted by molar-refractivity contribution is -0.257. The smallest absolute Gasteiger partial charge is 0.427 e. The fraction of sp³-hybridized carbons (Fsp3) is 0.560. The number of alkyl halides is 6. The number of hydrogen-bond acceptors (Lipinski definition) is 22. The third-order valence-corrected chi connectivity index (χ3v) is 32.0. The Morgan fingerprint density at radius 3 is 1.10 bits per heavy atom. The number of esters is 2. The molecule has 134 heavy (non-hydrogen) atoms. The van der Waals surface area contributed by atoms with Gasteiger partial charge in [-0.15, -0.1) is 0 Å². The standard InChI is InChI=1S/2C50H61F3N4O9S/c2*1-30(2)64-36-14-12-33(13-15-36)40-23-37(24-41(55-40)34-16-20-54-21-17-34)65-38-25-42-43(58)28-49(46(61)56-67(62,63)48(7)18-19-48)27-35(49)11-9-8-10-31(3)22-32(4)39(45(60)57(42)29-38)26-44(59)66-47(5,6)50(51,52)53/h2*9,11-17,20-21,23-24,30-32,35,38-39,42H,8,10,18-19,22,25-29H2,1-7H3,(H,56,61)/b2*11-9-/t31-,32+,35+,38+,39-,42-,49+;31-,32-,35-,38-,39+,42+,49-/m01/s1. The summed E-state index contributed by atoms with van der Waals surface area (Å²) in [5, 5.41) is 0. The lowest BCUT2D eigenvalue weighted by Crippen LogP contribution is -2.48. The molecule has 0 bridgehead atoms. The van der Waals surface area contributed by atoms with Crippen LogP contribution in [0.5, 0.6) is 23.0 Å². The van der Waals surface area contributed by atoms with Gasteiger partial charge in [0.05, 0.1) is 105 Å². The number of carbonyl (C=O) groups is 8. The molecule has 6 fully saturated rings. The van der Waals surface area contributed by atoms with E-state index in [1.54, 1.807) is 101 Å². The van der Waals surface area contributed by atoms with E-state index >= 15 is 9.59 Å². The maximum Gasteiger partial charge on any atom is 0.427 e. The number of rotatable bonds is 24. The molecule has 6 aromatic rings. The zero-order chi connectivity index (χ0) is 97.4. The molecule has 14 atom stereocenters. The van der Waals surface area contributed by atoms with Crippen LogP contribution in [0.1, 0.15) is 213 Å². The lowest BCUT2D eigenvalue weighted by Gasteiger charge is -2.33. The van der Waals surface area contributed by atoms with Gasteiger partial charge in [-0.25, -0.2) is 26.8 Å². The van der Waals surface area contributed by atoms with Gasteiger partial charge >= 0.3 is 24.3 Å². The molecule has 34 heteroatoms. The van der Waals surface area contributed by atoms with Gasteiger partial charge in [-0.2, -0.15) is 26.3 Å². The van der Waals surface area contributed by atoms with Crippen LogP contribution in [0.15, 0.2) is 146 Å². The van der Waals surface area contributed by atoms with E-state index < -0.39 is 184 Å². The number of ketones is 2. The number of nitrogens with zero attached hydrogens (tertiary/aromatic N) is 6. The summed E-state index contributed by atoms with van der Waals surface area (Å²) in [5.74, 6) is -8.48. The number of benzene rings is 2. The first kappa shape index (κ1) is 101. The van der Waals surface area contributed by atoms with E-state index in [0.717, 1.165) is 49.9 Å². The summed E-state index contributed by atoms with van der Waals surface area (Å²) in [6.45, 7) is 21.0. The summed E-state index contributed by atoms with van der Waals surface area (Å²) < 4.78 is 174. The van der Waals surface area contributed by atoms with Crippen LogP contribution in [0.3, 0.4) is 0 Å². The van der Waals surface area contributed by atoms with Crippen molar-refractivity contribution in [2.75, 3.05) is 13.1 Å². The highest BCUT2D eigenvalue weighted by Gasteiger charge is 2.65. The van der Waals surface area contributed by atoms with Crippen LogP contribution >= 0.6 is 0 Å². The number of ether oxygens (including phenoxy) is 6. The predicted molar refractivity (Wildman–Crippen MR) is 487 cm³/mol. The second kappa shape index (κ2) is 39.6. The second-order valence-corrected chi connectivity index (χ2v) is 44.6. The zero-order valence-corrected chi connectivity index (χ0v) is 79.8. The number of fused-ring (bicyclic) bond motifs is 4. The minimum absolute atomic E-state index is 0.000836. The first-order valence-electron chi connectivity index (χ1n) is 46.2. The maximum atomic E-state index is 15.1. The van der Waals surface area contributed by atoms with Crippen LogP contribution in [0.2, 0.25) is 0 Å². The van der Waals surface area contributed by atoms with E-state index in [1.807, 2.05) is 114 Å². The molecule has 4 amide bonds. The van der Waals surface area contributed by atoms with Crippen LogP contribution in [0.4, 0.5) is 26.3 Å². The number of hydrogen-bond donors (Lipinski definition) is 2. The van der Waals surface area contributed by atoms with Gasteiger partial charge in [-0.05, 0) is 255 Å². The zero-order valence-electron chi connectivity index (χ0n) is 78.2. The topological polar surface area (TPSA) is 342 Å². The minimum Gasteiger partial charge on any atom is -0.491 e. The minimum atomic E-state index is -4.88. The predicted octanol–water partition coefficient (Wildman–Crippen LogP) is 17.6. The molecule has 4 saturated carbocycles. The monoisotopic (exact) mass is 1900 g/mol.